The fraction of sp³-hybridized carbons (Fsp3) is 0.438. The summed E-state index contributed by atoms with van der Waals surface area (Å²) in [6.07, 6.45) is 3.02. The summed E-state index contributed by atoms with van der Waals surface area (Å²) in [6.45, 7) is 4.12. The lowest BCUT2D eigenvalue weighted by Crippen LogP contribution is -2.13. The molecule has 3 rings (SSSR count). The number of carbonyl (C=O) groups excluding carboxylic acids is 1. The molecule has 2 heterocycles. The molecule has 5 nitrogen and oxygen atoms in total. The van der Waals surface area contributed by atoms with Crippen molar-refractivity contribution < 1.29 is 4.79 Å². The van der Waals surface area contributed by atoms with E-state index in [0.717, 1.165) is 30.5 Å². The van der Waals surface area contributed by atoms with E-state index < -0.39 is 0 Å². The standard InChI is InChI=1S/C16H18N4OS/c1-9-4-5-11-12(8-17)16(22-14(11)6-9)18-15(21)13-7-10(2)20(3)19-13/h7,9H,4-6H2,1-3H3,(H,18,21). The topological polar surface area (TPSA) is 70.7 Å². The molecule has 1 N–H and O–H groups in total. The number of carbonyl (C=O) groups is 1. The Bertz CT molecular complexity index is 761. The van der Waals surface area contributed by atoms with E-state index in [-0.39, 0.29) is 5.91 Å². The van der Waals surface area contributed by atoms with Gasteiger partial charge in [0.2, 0.25) is 0 Å². The van der Waals surface area contributed by atoms with Crippen molar-refractivity contribution in [1.29, 1.82) is 5.26 Å². The highest BCUT2D eigenvalue weighted by Gasteiger charge is 2.25. The minimum Gasteiger partial charge on any atom is -0.311 e. The molecular weight excluding hydrogens is 296 g/mol. The summed E-state index contributed by atoms with van der Waals surface area (Å²) in [6, 6.07) is 4.01. The van der Waals surface area contributed by atoms with Gasteiger partial charge in [0.15, 0.2) is 5.69 Å². The summed E-state index contributed by atoms with van der Waals surface area (Å²) in [5.41, 5.74) is 3.06. The van der Waals surface area contributed by atoms with E-state index in [1.54, 1.807) is 17.8 Å². The van der Waals surface area contributed by atoms with E-state index in [2.05, 4.69) is 23.4 Å². The van der Waals surface area contributed by atoms with Crippen LogP contribution in [0.4, 0.5) is 5.00 Å². The number of thiophene rings is 1. The van der Waals surface area contributed by atoms with Gasteiger partial charge < -0.3 is 5.32 Å². The number of aryl methyl sites for hydroxylation is 2. The van der Waals surface area contributed by atoms with Crippen LogP contribution in [0.15, 0.2) is 6.07 Å². The van der Waals surface area contributed by atoms with Crippen LogP contribution in [0.25, 0.3) is 0 Å². The molecule has 0 saturated carbocycles. The van der Waals surface area contributed by atoms with Crippen LogP contribution in [-0.4, -0.2) is 15.7 Å². The van der Waals surface area contributed by atoms with Crippen LogP contribution in [-0.2, 0) is 19.9 Å². The van der Waals surface area contributed by atoms with Crippen LogP contribution in [0.2, 0.25) is 0 Å². The molecule has 22 heavy (non-hydrogen) atoms. The van der Waals surface area contributed by atoms with Gasteiger partial charge in [-0.25, -0.2) is 0 Å². The first-order valence-corrected chi connectivity index (χ1v) is 8.18. The Hall–Kier alpha value is -2.13. The third-order valence-corrected chi connectivity index (χ3v) is 5.37. The molecule has 1 aliphatic carbocycles. The maximum absolute atomic E-state index is 12.3. The highest BCUT2D eigenvalue weighted by molar-refractivity contribution is 7.16. The van der Waals surface area contributed by atoms with Crippen molar-refractivity contribution in [2.45, 2.75) is 33.1 Å². The van der Waals surface area contributed by atoms with Gasteiger partial charge in [-0.1, -0.05) is 6.92 Å². The number of nitrogens with one attached hydrogen (secondary N) is 1. The molecule has 0 radical (unpaired) electrons. The van der Waals surface area contributed by atoms with Gasteiger partial charge in [-0.05, 0) is 43.7 Å². The number of hydrogen-bond donors (Lipinski definition) is 1. The number of aromatic nitrogens is 2. The summed E-state index contributed by atoms with van der Waals surface area (Å²) < 4.78 is 1.67. The Morgan fingerprint density at radius 2 is 2.36 bits per heavy atom. The Balaban J connectivity index is 1.89. The van der Waals surface area contributed by atoms with Gasteiger partial charge in [-0.3, -0.25) is 9.48 Å². The van der Waals surface area contributed by atoms with E-state index >= 15 is 0 Å². The molecule has 6 heteroatoms. The largest absolute Gasteiger partial charge is 0.311 e. The van der Waals surface area contributed by atoms with Crippen LogP contribution in [0, 0.1) is 24.2 Å². The number of nitriles is 1. The molecule has 1 aliphatic rings. The first kappa shape index (κ1) is 14.8. The Labute approximate surface area is 133 Å². The number of anilines is 1. The molecule has 0 spiro atoms. The molecule has 0 aliphatic heterocycles. The average Bonchev–Trinajstić information content (AvgIpc) is 2.98. The van der Waals surface area contributed by atoms with Gasteiger partial charge in [-0.2, -0.15) is 10.4 Å². The maximum atomic E-state index is 12.3. The van der Waals surface area contributed by atoms with Gasteiger partial charge in [0.05, 0.1) is 5.56 Å². The predicted octanol–water partition coefficient (Wildman–Crippen LogP) is 3.04. The number of rotatable bonds is 2. The van der Waals surface area contributed by atoms with E-state index in [1.807, 2.05) is 6.92 Å². The van der Waals surface area contributed by atoms with Gasteiger partial charge in [0, 0.05) is 17.6 Å². The van der Waals surface area contributed by atoms with E-state index in [0.29, 0.717) is 22.2 Å². The fourth-order valence-electron chi connectivity index (χ4n) is 2.80. The minimum absolute atomic E-state index is 0.258. The zero-order valence-electron chi connectivity index (χ0n) is 12.9. The number of hydrogen-bond acceptors (Lipinski definition) is 4. The van der Waals surface area contributed by atoms with Crippen molar-refractivity contribution in [2.24, 2.45) is 13.0 Å². The highest BCUT2D eigenvalue weighted by Crippen LogP contribution is 2.39. The lowest BCUT2D eigenvalue weighted by atomic mass is 9.89. The maximum Gasteiger partial charge on any atom is 0.276 e. The molecule has 0 bridgehead atoms. The minimum atomic E-state index is -0.258. The van der Waals surface area contributed by atoms with E-state index in [9.17, 15) is 10.1 Å². The van der Waals surface area contributed by atoms with Crippen molar-refractivity contribution in [2.75, 3.05) is 5.32 Å². The van der Waals surface area contributed by atoms with Crippen LogP contribution < -0.4 is 5.32 Å². The molecule has 2 aromatic rings. The normalized spacial score (nSPS) is 16.9. The third kappa shape index (κ3) is 2.53. The second-order valence-electron chi connectivity index (χ2n) is 5.92. The Kier molecular flexibility index (Phi) is 3.75. The van der Waals surface area contributed by atoms with E-state index in [4.69, 9.17) is 0 Å². The van der Waals surface area contributed by atoms with Crippen molar-refractivity contribution in [3.05, 3.63) is 33.5 Å². The molecule has 114 valence electrons. The lowest BCUT2D eigenvalue weighted by molar-refractivity contribution is 0.102. The van der Waals surface area contributed by atoms with Gasteiger partial charge >= 0.3 is 0 Å². The van der Waals surface area contributed by atoms with Crippen LogP contribution in [0.3, 0.4) is 0 Å². The van der Waals surface area contributed by atoms with Crippen molar-refractivity contribution in [3.63, 3.8) is 0 Å². The molecule has 0 saturated heterocycles. The summed E-state index contributed by atoms with van der Waals surface area (Å²) in [4.78, 5) is 13.6. The van der Waals surface area contributed by atoms with Gasteiger partial charge in [0.25, 0.3) is 5.91 Å². The average molecular weight is 314 g/mol. The third-order valence-electron chi connectivity index (χ3n) is 4.20. The smallest absolute Gasteiger partial charge is 0.276 e. The summed E-state index contributed by atoms with van der Waals surface area (Å²) in [5, 5.41) is 17.2. The SMILES string of the molecule is Cc1cc(C(=O)Nc2sc3c(c2C#N)CCC(C)C3)nn1C. The van der Waals surface area contributed by atoms with Crippen molar-refractivity contribution in [1.82, 2.24) is 9.78 Å². The molecule has 0 aromatic carbocycles. The molecular formula is C16H18N4OS. The number of fused-ring (bicyclic) bond motifs is 1. The zero-order chi connectivity index (χ0) is 15.9. The zero-order valence-corrected chi connectivity index (χ0v) is 13.8. The van der Waals surface area contributed by atoms with Crippen molar-refractivity contribution >= 4 is 22.2 Å². The van der Waals surface area contributed by atoms with Crippen LogP contribution in [0.1, 0.15) is 45.5 Å². The highest BCUT2D eigenvalue weighted by atomic mass is 32.1. The predicted molar refractivity (Wildman–Crippen MR) is 86.1 cm³/mol. The van der Waals surface area contributed by atoms with Gasteiger partial charge in [-0.15, -0.1) is 11.3 Å². The lowest BCUT2D eigenvalue weighted by Gasteiger charge is -2.17. The Morgan fingerprint density at radius 3 is 3.00 bits per heavy atom. The fourth-order valence-corrected chi connectivity index (χ4v) is 4.15. The Morgan fingerprint density at radius 1 is 1.59 bits per heavy atom. The first-order chi connectivity index (χ1) is 10.5. The molecule has 1 amide bonds. The molecule has 1 unspecified atom stereocenters. The first-order valence-electron chi connectivity index (χ1n) is 7.36. The second kappa shape index (κ2) is 5.58. The van der Waals surface area contributed by atoms with Crippen molar-refractivity contribution in [3.8, 4) is 6.07 Å². The van der Waals surface area contributed by atoms with Gasteiger partial charge in [0.1, 0.15) is 11.1 Å². The summed E-state index contributed by atoms with van der Waals surface area (Å²) in [7, 11) is 1.80. The molecule has 1 atom stereocenters. The second-order valence-corrected chi connectivity index (χ2v) is 7.02. The summed E-state index contributed by atoms with van der Waals surface area (Å²) in [5.74, 6) is 0.381. The number of amides is 1. The quantitative estimate of drug-likeness (QED) is 0.926. The van der Waals surface area contributed by atoms with Crippen LogP contribution >= 0.6 is 11.3 Å². The molecule has 0 fully saturated rings. The number of nitrogens with zero attached hydrogens (tertiary/aromatic N) is 3. The van der Waals surface area contributed by atoms with Crippen LogP contribution in [0.5, 0.6) is 0 Å². The summed E-state index contributed by atoms with van der Waals surface area (Å²) >= 11 is 1.54. The van der Waals surface area contributed by atoms with E-state index in [1.165, 1.54) is 16.2 Å². The monoisotopic (exact) mass is 314 g/mol. The molecule has 2 aromatic heterocycles.